The minimum Gasteiger partial charge on any atom is -0.496 e. The third kappa shape index (κ3) is 5.14. The Morgan fingerprint density at radius 2 is 2.00 bits per heavy atom. The van der Waals surface area contributed by atoms with Gasteiger partial charge in [0.1, 0.15) is 34.7 Å². The highest BCUT2D eigenvalue weighted by Gasteiger charge is 2.11. The van der Waals surface area contributed by atoms with E-state index in [1.165, 1.54) is 31.8 Å². The second-order valence-corrected chi connectivity index (χ2v) is 8.78. The van der Waals surface area contributed by atoms with Gasteiger partial charge in [0, 0.05) is 33.7 Å². The third-order valence-electron chi connectivity index (χ3n) is 3.66. The summed E-state index contributed by atoms with van der Waals surface area (Å²) < 4.78 is 38.0. The van der Waals surface area contributed by atoms with Crippen molar-refractivity contribution in [3.05, 3.63) is 59.3 Å². The molecule has 0 aliphatic rings. The van der Waals surface area contributed by atoms with E-state index in [4.69, 9.17) is 21.1 Å². The molecule has 3 rings (SSSR count). The molecule has 0 saturated heterocycles. The first-order chi connectivity index (χ1) is 13.2. The molecule has 0 radical (unpaired) electrons. The number of hydrogen-bond acceptors (Lipinski definition) is 7. The Hall–Kier alpha value is -2.78. The molecule has 2 heterocycles. The van der Waals surface area contributed by atoms with Crippen LogP contribution >= 0.6 is 11.6 Å². The Morgan fingerprint density at radius 3 is 2.71 bits per heavy atom. The Labute approximate surface area is 167 Å². The fourth-order valence-electron chi connectivity index (χ4n) is 2.60. The van der Waals surface area contributed by atoms with Gasteiger partial charge in [0.25, 0.3) is 0 Å². The van der Waals surface area contributed by atoms with Crippen LogP contribution in [0.25, 0.3) is 11.3 Å². The molecule has 1 unspecified atom stereocenters. The summed E-state index contributed by atoms with van der Waals surface area (Å²) in [5.74, 6) is 0.819. The fourth-order valence-corrected chi connectivity index (χ4v) is 3.63. The molecule has 1 atom stereocenters. The molecule has 10 heteroatoms. The average molecular weight is 422 g/mol. The summed E-state index contributed by atoms with van der Waals surface area (Å²) in [5, 5.41) is 3.22. The lowest BCUT2D eigenvalue weighted by Crippen LogP contribution is -2.02. The van der Waals surface area contributed by atoms with Crippen molar-refractivity contribution in [3.63, 3.8) is 0 Å². The van der Waals surface area contributed by atoms with Crippen LogP contribution in [0, 0.1) is 10.6 Å². The molecular formula is C18H17ClFN5O2S. The lowest BCUT2D eigenvalue weighted by molar-refractivity contribution is 0.413. The zero-order valence-electron chi connectivity index (χ0n) is 15.1. The van der Waals surface area contributed by atoms with Crippen molar-refractivity contribution in [1.82, 2.24) is 15.0 Å². The van der Waals surface area contributed by atoms with Gasteiger partial charge in [-0.1, -0.05) is 11.6 Å². The Bertz CT molecular complexity index is 1120. The van der Waals surface area contributed by atoms with Gasteiger partial charge in [0.2, 0.25) is 0 Å². The maximum Gasteiger partial charge on any atom is 0.135 e. The van der Waals surface area contributed by atoms with Crippen LogP contribution in [0.1, 0.15) is 5.56 Å². The van der Waals surface area contributed by atoms with Gasteiger partial charge in [-0.05, 0) is 29.8 Å². The average Bonchev–Trinajstić information content (AvgIpc) is 2.59. The largest absolute Gasteiger partial charge is 0.496 e. The number of anilines is 2. The monoisotopic (exact) mass is 421 g/mol. The molecule has 2 aromatic heterocycles. The lowest BCUT2D eigenvalue weighted by Gasteiger charge is -2.11. The lowest BCUT2D eigenvalue weighted by atomic mass is 10.1. The van der Waals surface area contributed by atoms with Gasteiger partial charge < -0.3 is 10.1 Å². The number of benzene rings is 1. The van der Waals surface area contributed by atoms with Crippen molar-refractivity contribution < 1.29 is 13.3 Å². The first-order valence-electron chi connectivity index (χ1n) is 8.04. The van der Waals surface area contributed by atoms with Crippen molar-refractivity contribution in [1.29, 1.82) is 4.78 Å². The van der Waals surface area contributed by atoms with Crippen molar-refractivity contribution >= 4 is 33.0 Å². The number of nitrogens with one attached hydrogen (secondary N) is 2. The number of methoxy groups -OCH3 is 1. The van der Waals surface area contributed by atoms with Crippen molar-refractivity contribution in [2.45, 2.75) is 5.75 Å². The molecule has 0 bridgehead atoms. The van der Waals surface area contributed by atoms with Crippen molar-refractivity contribution in [2.75, 3.05) is 18.7 Å². The quantitative estimate of drug-likeness (QED) is 0.577. The number of rotatable bonds is 6. The Morgan fingerprint density at radius 1 is 1.21 bits per heavy atom. The summed E-state index contributed by atoms with van der Waals surface area (Å²) >= 11 is 6.04. The normalized spacial score (nSPS) is 13.0. The van der Waals surface area contributed by atoms with E-state index in [2.05, 4.69) is 20.3 Å². The number of hydrogen-bond donors (Lipinski definition) is 2. The second-order valence-electron chi connectivity index (χ2n) is 6.09. The van der Waals surface area contributed by atoms with E-state index in [9.17, 15) is 8.60 Å². The van der Waals surface area contributed by atoms with Crippen LogP contribution in [0.5, 0.6) is 5.75 Å². The van der Waals surface area contributed by atoms with Crippen LogP contribution in [0.2, 0.25) is 5.15 Å². The molecule has 0 amide bonds. The predicted molar refractivity (Wildman–Crippen MR) is 107 cm³/mol. The van der Waals surface area contributed by atoms with E-state index >= 15 is 0 Å². The van der Waals surface area contributed by atoms with Crippen molar-refractivity contribution in [2.24, 2.45) is 0 Å². The highest BCUT2D eigenvalue weighted by atomic mass is 35.5. The van der Waals surface area contributed by atoms with Crippen LogP contribution in [0.4, 0.5) is 16.0 Å². The van der Waals surface area contributed by atoms with Crippen LogP contribution in [-0.2, 0) is 15.5 Å². The van der Waals surface area contributed by atoms with Crippen LogP contribution in [0.15, 0.2) is 42.7 Å². The molecule has 28 heavy (non-hydrogen) atoms. The standard InChI is InChI=1S/C18H17ClFN5O2S/c1-27-15-7-12(20)3-4-13(15)14-8-17(23-10-22-14)25-18-6-11(5-16(19)24-18)9-28(2,21)26/h3-8,10,21H,9H2,1-2H3,(H,22,23,24,25). The minimum atomic E-state index is -2.72. The van der Waals surface area contributed by atoms with E-state index in [1.807, 2.05) is 0 Å². The maximum absolute atomic E-state index is 13.4. The number of aromatic nitrogens is 3. The molecule has 7 nitrogen and oxygen atoms in total. The number of nitrogens with zero attached hydrogens (tertiary/aromatic N) is 3. The molecule has 0 saturated carbocycles. The molecule has 146 valence electrons. The summed E-state index contributed by atoms with van der Waals surface area (Å²) in [6.45, 7) is 0. The minimum absolute atomic E-state index is 0.0612. The van der Waals surface area contributed by atoms with E-state index in [-0.39, 0.29) is 10.9 Å². The van der Waals surface area contributed by atoms with Gasteiger partial charge >= 0.3 is 0 Å². The van der Waals surface area contributed by atoms with Crippen LogP contribution in [-0.4, -0.2) is 32.5 Å². The first kappa shape index (κ1) is 20.0. The van der Waals surface area contributed by atoms with Gasteiger partial charge in [-0.15, -0.1) is 0 Å². The molecule has 0 aliphatic carbocycles. The second kappa shape index (κ2) is 8.07. The van der Waals surface area contributed by atoms with Crippen molar-refractivity contribution in [3.8, 4) is 17.0 Å². The summed E-state index contributed by atoms with van der Waals surface area (Å²) in [4.78, 5) is 12.5. The van der Waals surface area contributed by atoms with E-state index in [0.29, 0.717) is 34.2 Å². The Kier molecular flexibility index (Phi) is 5.76. The Balaban J connectivity index is 1.92. The molecule has 1 aromatic carbocycles. The molecule has 0 spiro atoms. The molecular weight excluding hydrogens is 405 g/mol. The zero-order valence-corrected chi connectivity index (χ0v) is 16.6. The van der Waals surface area contributed by atoms with Gasteiger partial charge in [-0.25, -0.2) is 23.6 Å². The molecule has 0 fully saturated rings. The van der Waals surface area contributed by atoms with Crippen LogP contribution in [0.3, 0.4) is 0 Å². The van der Waals surface area contributed by atoms with E-state index < -0.39 is 15.5 Å². The highest BCUT2D eigenvalue weighted by molar-refractivity contribution is 7.90. The molecule has 3 aromatic rings. The van der Waals surface area contributed by atoms with E-state index in [1.54, 1.807) is 24.3 Å². The van der Waals surface area contributed by atoms with Gasteiger partial charge in [0.15, 0.2) is 0 Å². The predicted octanol–water partition coefficient (Wildman–Crippen LogP) is 4.26. The van der Waals surface area contributed by atoms with Gasteiger partial charge in [0.05, 0.1) is 18.6 Å². The SMILES string of the molecule is COc1cc(F)ccc1-c1cc(Nc2cc(CS(C)(=N)=O)cc(Cl)n2)ncn1. The maximum atomic E-state index is 13.4. The third-order valence-corrected chi connectivity index (χ3v) is 4.74. The smallest absolute Gasteiger partial charge is 0.135 e. The van der Waals surface area contributed by atoms with Gasteiger partial charge in [-0.2, -0.15) is 0 Å². The molecule has 2 N–H and O–H groups in total. The van der Waals surface area contributed by atoms with E-state index in [0.717, 1.165) is 0 Å². The number of halogens is 2. The zero-order chi connectivity index (χ0) is 20.3. The first-order valence-corrected chi connectivity index (χ1v) is 10.6. The summed E-state index contributed by atoms with van der Waals surface area (Å²) in [7, 11) is -1.27. The summed E-state index contributed by atoms with van der Waals surface area (Å²) in [5.41, 5.74) is 1.76. The summed E-state index contributed by atoms with van der Waals surface area (Å²) in [6, 6.07) is 9.05. The number of pyridine rings is 1. The van der Waals surface area contributed by atoms with Gasteiger partial charge in [-0.3, -0.25) is 4.78 Å². The van der Waals surface area contributed by atoms with Crippen LogP contribution < -0.4 is 10.1 Å². The number of ether oxygens (including phenoxy) is 1. The fraction of sp³-hybridized carbons (Fsp3) is 0.167. The molecule has 0 aliphatic heterocycles. The summed E-state index contributed by atoms with van der Waals surface area (Å²) in [6.07, 6.45) is 2.72. The highest BCUT2D eigenvalue weighted by Crippen LogP contribution is 2.30. The topological polar surface area (TPSA) is 101 Å².